The van der Waals surface area contributed by atoms with Crippen molar-refractivity contribution >= 4 is 5.97 Å². The van der Waals surface area contributed by atoms with Crippen LogP contribution >= 0.6 is 0 Å². The molecule has 0 aliphatic rings. The van der Waals surface area contributed by atoms with Crippen LogP contribution in [0.2, 0.25) is 0 Å². The highest BCUT2D eigenvalue weighted by Gasteiger charge is 2.19. The summed E-state index contributed by atoms with van der Waals surface area (Å²) in [6, 6.07) is 9.57. The molecule has 0 bridgehead atoms. The number of esters is 1. The molecular formula is C30H52O4. The molecule has 0 saturated carbocycles. The molecule has 1 aromatic rings. The van der Waals surface area contributed by atoms with Crippen LogP contribution in [-0.4, -0.2) is 31.9 Å². The number of hydrogen-bond donors (Lipinski definition) is 0. The minimum Gasteiger partial charge on any atom is -0.490 e. The first-order chi connectivity index (χ1) is 16.8. The maximum Gasteiger partial charge on any atom is 0.335 e. The Labute approximate surface area is 210 Å². The molecule has 0 saturated heterocycles. The van der Waals surface area contributed by atoms with E-state index in [1.807, 2.05) is 37.3 Å². The number of carbonyl (C=O) groups excluding carboxylic acids is 1. The lowest BCUT2D eigenvalue weighted by atomic mass is 10.0. The molecule has 1 rings (SSSR count). The van der Waals surface area contributed by atoms with Gasteiger partial charge in [0.05, 0.1) is 0 Å². The summed E-state index contributed by atoms with van der Waals surface area (Å²) in [5.74, 6) is 0.521. The van der Waals surface area contributed by atoms with Crippen LogP contribution in [0.5, 0.6) is 5.75 Å². The average molecular weight is 477 g/mol. The van der Waals surface area contributed by atoms with Crippen LogP contribution in [0.1, 0.15) is 123 Å². The van der Waals surface area contributed by atoms with Crippen molar-refractivity contribution in [3.8, 4) is 5.75 Å². The zero-order chi connectivity index (χ0) is 24.5. The molecule has 0 aliphatic carbocycles. The van der Waals surface area contributed by atoms with E-state index >= 15 is 0 Å². The Morgan fingerprint density at radius 1 is 0.676 bits per heavy atom. The first-order valence-corrected chi connectivity index (χ1v) is 14.2. The van der Waals surface area contributed by atoms with E-state index in [1.165, 1.54) is 89.9 Å². The van der Waals surface area contributed by atoms with E-state index < -0.39 is 6.10 Å². The van der Waals surface area contributed by atoms with Gasteiger partial charge in [0.25, 0.3) is 0 Å². The van der Waals surface area contributed by atoms with Gasteiger partial charge in [0.15, 0.2) is 6.10 Å². The molecule has 1 aromatic carbocycles. The van der Waals surface area contributed by atoms with E-state index in [0.717, 1.165) is 25.0 Å². The SMILES string of the molecule is CCCCCCCCCCCCCCCCCCC(OCC)C(=O)OCCOc1ccccc1. The number of benzene rings is 1. The highest BCUT2D eigenvalue weighted by molar-refractivity contribution is 5.74. The minimum absolute atomic E-state index is 0.246. The quantitative estimate of drug-likeness (QED) is 0.111. The summed E-state index contributed by atoms with van der Waals surface area (Å²) in [6.45, 7) is 5.33. The van der Waals surface area contributed by atoms with Crippen molar-refractivity contribution < 1.29 is 19.0 Å². The van der Waals surface area contributed by atoms with Gasteiger partial charge in [-0.1, -0.05) is 128 Å². The second-order valence-electron chi connectivity index (χ2n) is 9.36. The van der Waals surface area contributed by atoms with Crippen molar-refractivity contribution in [2.75, 3.05) is 19.8 Å². The first-order valence-electron chi connectivity index (χ1n) is 14.2. The second kappa shape index (κ2) is 23.2. The second-order valence-corrected chi connectivity index (χ2v) is 9.36. The fourth-order valence-corrected chi connectivity index (χ4v) is 4.26. The molecule has 196 valence electrons. The van der Waals surface area contributed by atoms with Crippen LogP contribution in [0.25, 0.3) is 0 Å². The van der Waals surface area contributed by atoms with Gasteiger partial charge in [0.1, 0.15) is 19.0 Å². The summed E-state index contributed by atoms with van der Waals surface area (Å²) in [6.07, 6.45) is 21.8. The summed E-state index contributed by atoms with van der Waals surface area (Å²) in [5, 5.41) is 0. The molecule has 1 unspecified atom stereocenters. The highest BCUT2D eigenvalue weighted by Crippen LogP contribution is 2.15. The summed E-state index contributed by atoms with van der Waals surface area (Å²) >= 11 is 0. The van der Waals surface area contributed by atoms with Gasteiger partial charge in [-0.25, -0.2) is 4.79 Å². The van der Waals surface area contributed by atoms with Crippen LogP contribution in [-0.2, 0) is 14.3 Å². The molecule has 34 heavy (non-hydrogen) atoms. The van der Waals surface area contributed by atoms with Gasteiger partial charge < -0.3 is 14.2 Å². The number of carbonyl (C=O) groups is 1. The van der Waals surface area contributed by atoms with Crippen LogP contribution in [0.3, 0.4) is 0 Å². The largest absolute Gasteiger partial charge is 0.490 e. The van der Waals surface area contributed by atoms with Gasteiger partial charge >= 0.3 is 5.97 Å². The van der Waals surface area contributed by atoms with Crippen LogP contribution in [0.4, 0.5) is 0 Å². The molecule has 0 spiro atoms. The molecule has 4 nitrogen and oxygen atoms in total. The zero-order valence-electron chi connectivity index (χ0n) is 22.2. The van der Waals surface area contributed by atoms with Crippen molar-refractivity contribution in [2.24, 2.45) is 0 Å². The highest BCUT2D eigenvalue weighted by atomic mass is 16.6. The van der Waals surface area contributed by atoms with Crippen LogP contribution in [0, 0.1) is 0 Å². The van der Waals surface area contributed by atoms with E-state index in [1.54, 1.807) is 0 Å². The van der Waals surface area contributed by atoms with E-state index in [4.69, 9.17) is 14.2 Å². The van der Waals surface area contributed by atoms with Gasteiger partial charge in [-0.15, -0.1) is 0 Å². The lowest BCUT2D eigenvalue weighted by Crippen LogP contribution is -2.28. The number of para-hydroxylation sites is 1. The smallest absolute Gasteiger partial charge is 0.335 e. The molecule has 1 atom stereocenters. The normalized spacial score (nSPS) is 11.9. The third-order valence-corrected chi connectivity index (χ3v) is 6.29. The van der Waals surface area contributed by atoms with E-state index in [-0.39, 0.29) is 12.6 Å². The molecule has 0 amide bonds. The third kappa shape index (κ3) is 17.9. The zero-order valence-corrected chi connectivity index (χ0v) is 22.2. The molecule has 0 radical (unpaired) electrons. The van der Waals surface area contributed by atoms with Gasteiger partial charge in [-0.3, -0.25) is 0 Å². The topological polar surface area (TPSA) is 44.8 Å². The predicted molar refractivity (Wildman–Crippen MR) is 142 cm³/mol. The molecular weight excluding hydrogens is 424 g/mol. The number of rotatable bonds is 24. The van der Waals surface area contributed by atoms with Crippen molar-refractivity contribution in [1.29, 1.82) is 0 Å². The van der Waals surface area contributed by atoms with Crippen molar-refractivity contribution in [3.05, 3.63) is 30.3 Å². The molecule has 0 heterocycles. The van der Waals surface area contributed by atoms with E-state index in [9.17, 15) is 4.79 Å². The van der Waals surface area contributed by atoms with Crippen LogP contribution < -0.4 is 4.74 Å². The fraction of sp³-hybridized carbons (Fsp3) is 0.767. The molecule has 0 fully saturated rings. The Morgan fingerprint density at radius 2 is 1.18 bits per heavy atom. The Hall–Kier alpha value is -1.55. The number of unbranched alkanes of at least 4 members (excludes halogenated alkanes) is 15. The molecule has 0 aromatic heterocycles. The molecule has 0 N–H and O–H groups in total. The van der Waals surface area contributed by atoms with Crippen molar-refractivity contribution in [1.82, 2.24) is 0 Å². The van der Waals surface area contributed by atoms with Crippen molar-refractivity contribution in [2.45, 2.75) is 129 Å². The third-order valence-electron chi connectivity index (χ3n) is 6.29. The van der Waals surface area contributed by atoms with E-state index in [0.29, 0.717) is 13.2 Å². The lowest BCUT2D eigenvalue weighted by molar-refractivity contribution is -0.158. The van der Waals surface area contributed by atoms with E-state index in [2.05, 4.69) is 6.92 Å². The Morgan fingerprint density at radius 3 is 1.68 bits per heavy atom. The summed E-state index contributed by atoms with van der Waals surface area (Å²) < 4.78 is 16.6. The first kappa shape index (κ1) is 30.5. The standard InChI is InChI=1S/C30H52O4/c1-3-5-6-7-8-9-10-11-12-13-14-15-16-17-18-22-25-29(32-4-2)30(31)34-27-26-33-28-23-20-19-21-24-28/h19-21,23-24,29H,3-18,22,25-27H2,1-2H3. The Balaban J connectivity index is 1.93. The summed E-state index contributed by atoms with van der Waals surface area (Å²) in [4.78, 5) is 12.3. The minimum atomic E-state index is -0.451. The summed E-state index contributed by atoms with van der Waals surface area (Å²) in [5.41, 5.74) is 0. The van der Waals surface area contributed by atoms with Gasteiger partial charge in [-0.2, -0.15) is 0 Å². The Bertz CT molecular complexity index is 560. The fourth-order valence-electron chi connectivity index (χ4n) is 4.26. The average Bonchev–Trinajstić information content (AvgIpc) is 2.86. The molecule has 4 heteroatoms. The monoisotopic (exact) mass is 476 g/mol. The maximum absolute atomic E-state index is 12.3. The Kier molecular flexibility index (Phi) is 20.8. The van der Waals surface area contributed by atoms with Gasteiger partial charge in [0, 0.05) is 6.61 Å². The number of ether oxygens (including phenoxy) is 3. The van der Waals surface area contributed by atoms with Gasteiger partial charge in [0.2, 0.25) is 0 Å². The van der Waals surface area contributed by atoms with Crippen molar-refractivity contribution in [3.63, 3.8) is 0 Å². The lowest BCUT2D eigenvalue weighted by Gasteiger charge is -2.16. The van der Waals surface area contributed by atoms with Gasteiger partial charge in [-0.05, 0) is 25.5 Å². The predicted octanol–water partition coefficient (Wildman–Crippen LogP) is 8.67. The van der Waals surface area contributed by atoms with Crippen LogP contribution in [0.15, 0.2) is 30.3 Å². The maximum atomic E-state index is 12.3. The molecule has 0 aliphatic heterocycles. The number of hydrogen-bond acceptors (Lipinski definition) is 4. The summed E-state index contributed by atoms with van der Waals surface area (Å²) in [7, 11) is 0.